The van der Waals surface area contributed by atoms with Crippen molar-refractivity contribution in [1.29, 1.82) is 0 Å². The van der Waals surface area contributed by atoms with Gasteiger partial charge in [-0.25, -0.2) is 0 Å². The van der Waals surface area contributed by atoms with Crippen molar-refractivity contribution in [2.45, 2.75) is 65.7 Å². The number of unbranched alkanes of at least 4 members (excludes halogenated alkanes) is 2. The van der Waals surface area contributed by atoms with E-state index in [1.807, 2.05) is 24.7 Å². The Morgan fingerprint density at radius 2 is 1.92 bits per heavy atom. The van der Waals surface area contributed by atoms with Crippen LogP contribution in [0.5, 0.6) is 0 Å². The minimum absolute atomic E-state index is 0.225. The third-order valence-electron chi connectivity index (χ3n) is 3.40. The van der Waals surface area contributed by atoms with Crippen molar-refractivity contribution in [2.24, 2.45) is 0 Å². The smallest absolute Gasteiger partial charge is 0.129 e. The topological polar surface area (TPSA) is 75.5 Å². The Morgan fingerprint density at radius 3 is 2.65 bits per heavy atom. The van der Waals surface area contributed by atoms with Gasteiger partial charge in [0.2, 0.25) is 0 Å². The van der Waals surface area contributed by atoms with E-state index in [0.29, 0.717) is 39.5 Å². The molecule has 0 atom stereocenters. The molecule has 1 heterocycles. The number of hydrogen-bond donors (Lipinski definition) is 0. The summed E-state index contributed by atoms with van der Waals surface area (Å²) in [6, 6.07) is 0. The molecule has 0 fully saturated rings. The highest BCUT2D eigenvalue weighted by Gasteiger charge is 2.01. The van der Waals surface area contributed by atoms with Gasteiger partial charge in [-0.3, -0.25) is 4.68 Å². The summed E-state index contributed by atoms with van der Waals surface area (Å²) in [5, 5.41) is 8.14. The fourth-order valence-corrected chi connectivity index (χ4v) is 2.11. The van der Waals surface area contributed by atoms with Crippen LogP contribution in [0.25, 0.3) is 0 Å². The Bertz CT molecular complexity index is 561. The lowest BCUT2D eigenvalue weighted by atomic mass is 10.1. The molecule has 0 radical (unpaired) electrons. The van der Waals surface area contributed by atoms with Crippen LogP contribution in [0.3, 0.4) is 0 Å². The van der Waals surface area contributed by atoms with E-state index in [4.69, 9.17) is 14.2 Å². The van der Waals surface area contributed by atoms with Crippen LogP contribution in [0, 0.1) is 11.8 Å². The first-order valence-corrected chi connectivity index (χ1v) is 9.19. The fourth-order valence-electron chi connectivity index (χ4n) is 2.11. The van der Waals surface area contributed by atoms with Crippen LogP contribution in [-0.4, -0.2) is 53.3 Å². The highest BCUT2D eigenvalue weighted by Crippen LogP contribution is 2.03. The van der Waals surface area contributed by atoms with Gasteiger partial charge in [0.05, 0.1) is 32.1 Å². The van der Waals surface area contributed by atoms with E-state index in [1.54, 1.807) is 6.92 Å². The molecule has 1 aromatic heterocycles. The number of aromatic nitrogens is 3. The van der Waals surface area contributed by atoms with Crippen LogP contribution in [0.4, 0.5) is 0 Å². The molecule has 0 aromatic carbocycles. The molecule has 7 nitrogen and oxygen atoms in total. The summed E-state index contributed by atoms with van der Waals surface area (Å²) in [7, 11) is 0. The molecule has 0 spiro atoms. The van der Waals surface area contributed by atoms with E-state index in [-0.39, 0.29) is 11.9 Å². The van der Waals surface area contributed by atoms with Gasteiger partial charge >= 0.3 is 0 Å². The van der Waals surface area contributed by atoms with Crippen molar-refractivity contribution in [1.82, 2.24) is 15.0 Å². The molecule has 0 aliphatic carbocycles. The Balaban J connectivity index is 2.02. The highest BCUT2D eigenvalue weighted by molar-refractivity contribution is 5.75. The zero-order valence-electron chi connectivity index (χ0n) is 16.2. The maximum Gasteiger partial charge on any atom is 0.129 e. The average molecular weight is 365 g/mol. The monoisotopic (exact) mass is 365 g/mol. The van der Waals surface area contributed by atoms with E-state index in [1.165, 1.54) is 0 Å². The summed E-state index contributed by atoms with van der Waals surface area (Å²) in [6.45, 7) is 8.66. The van der Waals surface area contributed by atoms with E-state index in [2.05, 4.69) is 22.2 Å². The molecule has 0 bridgehead atoms. The molecule has 0 unspecified atom stereocenters. The third kappa shape index (κ3) is 12.6. The van der Waals surface area contributed by atoms with Crippen LogP contribution in [-0.2, 0) is 32.2 Å². The number of Topliss-reactive ketones (excluding diaryl/α,β-unsaturated/α-hetero) is 1. The lowest BCUT2D eigenvalue weighted by molar-refractivity contribution is -0.117. The van der Waals surface area contributed by atoms with E-state index in [9.17, 15) is 4.79 Å². The number of nitrogens with zero attached hydrogens (tertiary/aromatic N) is 3. The van der Waals surface area contributed by atoms with Crippen LogP contribution < -0.4 is 0 Å². The SMILES string of the molecule is CC(=O)CCCCCn1cc(COCC#CCOCCOC(C)C)nn1. The summed E-state index contributed by atoms with van der Waals surface area (Å²) >= 11 is 0. The number of aryl methyl sites for hydroxylation is 1. The maximum absolute atomic E-state index is 10.9. The summed E-state index contributed by atoms with van der Waals surface area (Å²) in [5.74, 6) is 6.04. The molecule has 0 aliphatic rings. The summed E-state index contributed by atoms with van der Waals surface area (Å²) in [5.41, 5.74) is 0.789. The molecule has 146 valence electrons. The predicted octanol–water partition coefficient (Wildman–Crippen LogP) is 2.39. The molecule has 0 N–H and O–H groups in total. The van der Waals surface area contributed by atoms with E-state index < -0.39 is 0 Å². The minimum atomic E-state index is 0.225. The molecular weight excluding hydrogens is 334 g/mol. The Hall–Kier alpha value is -1.75. The Morgan fingerprint density at radius 1 is 1.15 bits per heavy atom. The molecule has 1 rings (SSSR count). The van der Waals surface area contributed by atoms with Crippen molar-refractivity contribution in [3.05, 3.63) is 11.9 Å². The van der Waals surface area contributed by atoms with Gasteiger partial charge in [0.1, 0.15) is 24.7 Å². The Labute approximate surface area is 156 Å². The van der Waals surface area contributed by atoms with Crippen molar-refractivity contribution in [3.8, 4) is 11.8 Å². The van der Waals surface area contributed by atoms with Gasteiger partial charge in [0.15, 0.2) is 0 Å². The quantitative estimate of drug-likeness (QED) is 0.372. The molecule has 0 aliphatic heterocycles. The lowest BCUT2D eigenvalue weighted by Crippen LogP contribution is -2.09. The van der Waals surface area contributed by atoms with Crippen molar-refractivity contribution >= 4 is 5.78 Å². The van der Waals surface area contributed by atoms with E-state index >= 15 is 0 Å². The molecule has 1 aromatic rings. The van der Waals surface area contributed by atoms with Gasteiger partial charge in [-0.1, -0.05) is 23.5 Å². The first kappa shape index (κ1) is 22.3. The fraction of sp³-hybridized carbons (Fsp3) is 0.737. The second-order valence-electron chi connectivity index (χ2n) is 6.30. The third-order valence-corrected chi connectivity index (χ3v) is 3.40. The molecule has 0 amide bonds. The van der Waals surface area contributed by atoms with Crippen molar-refractivity contribution in [3.63, 3.8) is 0 Å². The lowest BCUT2D eigenvalue weighted by Gasteiger charge is -2.05. The standard InChI is InChI=1S/C19H31N3O4/c1-17(2)26-14-13-24-11-7-8-12-25-16-19-15-22(21-20-19)10-6-4-5-9-18(3)23/h15,17H,4-6,9-14,16H2,1-3H3. The van der Waals surface area contributed by atoms with Crippen LogP contribution in [0.15, 0.2) is 6.20 Å². The maximum atomic E-state index is 10.9. The zero-order valence-corrected chi connectivity index (χ0v) is 16.2. The minimum Gasteiger partial charge on any atom is -0.376 e. The van der Waals surface area contributed by atoms with Gasteiger partial charge < -0.3 is 19.0 Å². The van der Waals surface area contributed by atoms with Crippen LogP contribution in [0.2, 0.25) is 0 Å². The summed E-state index contributed by atoms with van der Waals surface area (Å²) < 4.78 is 17.9. The van der Waals surface area contributed by atoms with Gasteiger partial charge in [-0.2, -0.15) is 0 Å². The zero-order chi connectivity index (χ0) is 19.0. The van der Waals surface area contributed by atoms with Gasteiger partial charge in [-0.05, 0) is 33.6 Å². The second-order valence-corrected chi connectivity index (χ2v) is 6.30. The highest BCUT2D eigenvalue weighted by atomic mass is 16.5. The van der Waals surface area contributed by atoms with Gasteiger partial charge in [0, 0.05) is 13.0 Å². The van der Waals surface area contributed by atoms with Crippen molar-refractivity contribution < 1.29 is 19.0 Å². The number of ketones is 1. The first-order valence-electron chi connectivity index (χ1n) is 9.19. The molecule has 0 saturated carbocycles. The Kier molecular flexibility index (Phi) is 12.4. The summed E-state index contributed by atoms with van der Waals surface area (Å²) in [6.07, 6.45) is 5.72. The number of carbonyl (C=O) groups excluding carboxylic acids is 1. The van der Waals surface area contributed by atoms with Gasteiger partial charge in [0.25, 0.3) is 0 Å². The number of rotatable bonds is 14. The van der Waals surface area contributed by atoms with Crippen molar-refractivity contribution in [2.75, 3.05) is 26.4 Å². The normalized spacial score (nSPS) is 10.8. The predicted molar refractivity (Wildman–Crippen MR) is 98.5 cm³/mol. The second kappa shape index (κ2) is 14.4. The molecular formula is C19H31N3O4. The average Bonchev–Trinajstić information content (AvgIpc) is 3.03. The number of hydrogen-bond acceptors (Lipinski definition) is 6. The largest absolute Gasteiger partial charge is 0.376 e. The van der Waals surface area contributed by atoms with Crippen LogP contribution >= 0.6 is 0 Å². The number of carbonyl (C=O) groups is 1. The molecule has 7 heteroatoms. The van der Waals surface area contributed by atoms with Crippen LogP contribution in [0.1, 0.15) is 52.1 Å². The molecule has 0 saturated heterocycles. The first-order chi connectivity index (χ1) is 12.6. The summed E-state index contributed by atoms with van der Waals surface area (Å²) in [4.78, 5) is 10.9. The van der Waals surface area contributed by atoms with Gasteiger partial charge in [-0.15, -0.1) is 5.10 Å². The molecule has 26 heavy (non-hydrogen) atoms. The number of ether oxygens (including phenoxy) is 3. The van der Waals surface area contributed by atoms with E-state index in [0.717, 1.165) is 31.5 Å².